The molecule has 0 spiro atoms. The van der Waals surface area contributed by atoms with Gasteiger partial charge in [0.05, 0.1) is 6.20 Å². The summed E-state index contributed by atoms with van der Waals surface area (Å²) < 4.78 is 1.84. The highest BCUT2D eigenvalue weighted by molar-refractivity contribution is 14.0. The van der Waals surface area contributed by atoms with Crippen LogP contribution in [-0.4, -0.2) is 40.4 Å². The minimum absolute atomic E-state index is 0. The van der Waals surface area contributed by atoms with Crippen molar-refractivity contribution in [2.45, 2.75) is 26.2 Å². The van der Waals surface area contributed by atoms with Crippen LogP contribution in [0.2, 0.25) is 0 Å². The molecule has 0 unspecified atom stereocenters. The smallest absolute Gasteiger partial charge is 0.191 e. The number of hydrogen-bond acceptors (Lipinski definition) is 2. The van der Waals surface area contributed by atoms with Crippen LogP contribution in [0.25, 0.3) is 10.9 Å². The van der Waals surface area contributed by atoms with Gasteiger partial charge in [0.15, 0.2) is 5.96 Å². The van der Waals surface area contributed by atoms with Crippen molar-refractivity contribution in [2.24, 2.45) is 12.0 Å². The summed E-state index contributed by atoms with van der Waals surface area (Å²) in [6.07, 6.45) is 9.08. The number of halogens is 1. The van der Waals surface area contributed by atoms with E-state index in [9.17, 15) is 0 Å². The number of hydrogen-bond donors (Lipinski definition) is 3. The first kappa shape index (κ1) is 21.3. The molecule has 0 amide bonds. The number of para-hydroxylation sites is 1. The van der Waals surface area contributed by atoms with Crippen molar-refractivity contribution in [1.29, 1.82) is 0 Å². The highest BCUT2D eigenvalue weighted by atomic mass is 127. The number of fused-ring (bicyclic) bond motifs is 1. The van der Waals surface area contributed by atoms with E-state index in [1.54, 1.807) is 0 Å². The summed E-state index contributed by atoms with van der Waals surface area (Å²) in [6, 6.07) is 8.42. The largest absolute Gasteiger partial charge is 0.361 e. The predicted octanol–water partition coefficient (Wildman–Crippen LogP) is 3.25. The first-order valence-electron chi connectivity index (χ1n) is 9.31. The molecule has 0 atom stereocenters. The molecular weight excluding hydrogens is 451 g/mol. The average molecular weight is 480 g/mol. The minimum atomic E-state index is 0. The van der Waals surface area contributed by atoms with Gasteiger partial charge in [0.1, 0.15) is 0 Å². The number of aromatic nitrogens is 3. The zero-order chi connectivity index (χ0) is 18.2. The summed E-state index contributed by atoms with van der Waals surface area (Å²) >= 11 is 0. The Balaban J connectivity index is 0.00000261. The molecule has 0 fully saturated rings. The summed E-state index contributed by atoms with van der Waals surface area (Å²) in [5.41, 5.74) is 3.79. The number of nitrogens with zero attached hydrogens (tertiary/aromatic N) is 3. The third-order valence-corrected chi connectivity index (χ3v) is 4.36. The van der Waals surface area contributed by atoms with Gasteiger partial charge in [-0.1, -0.05) is 18.2 Å². The molecule has 0 aliphatic heterocycles. The van der Waals surface area contributed by atoms with Crippen molar-refractivity contribution in [3.8, 4) is 0 Å². The zero-order valence-electron chi connectivity index (χ0n) is 16.0. The minimum Gasteiger partial charge on any atom is -0.361 e. The molecule has 3 aromatic rings. The first-order valence-corrected chi connectivity index (χ1v) is 9.31. The Morgan fingerprint density at radius 1 is 1.22 bits per heavy atom. The topological polar surface area (TPSA) is 70.0 Å². The summed E-state index contributed by atoms with van der Waals surface area (Å²) in [4.78, 5) is 8.01. The molecule has 7 heteroatoms. The Kier molecular flexibility index (Phi) is 8.63. The number of rotatable bonds is 8. The Morgan fingerprint density at radius 2 is 2.07 bits per heavy atom. The molecule has 1 aromatic carbocycles. The van der Waals surface area contributed by atoms with Gasteiger partial charge in [-0.3, -0.25) is 9.67 Å². The molecule has 0 radical (unpaired) electrons. The van der Waals surface area contributed by atoms with E-state index in [0.29, 0.717) is 0 Å². The van der Waals surface area contributed by atoms with Crippen molar-refractivity contribution < 1.29 is 0 Å². The van der Waals surface area contributed by atoms with Crippen LogP contribution < -0.4 is 10.6 Å². The highest BCUT2D eigenvalue weighted by Crippen LogP contribution is 2.17. The number of aryl methyl sites for hydroxylation is 2. The van der Waals surface area contributed by atoms with Crippen molar-refractivity contribution in [1.82, 2.24) is 25.4 Å². The maximum atomic E-state index is 4.68. The summed E-state index contributed by atoms with van der Waals surface area (Å²) in [5.74, 6) is 0.888. The summed E-state index contributed by atoms with van der Waals surface area (Å²) in [6.45, 7) is 4.61. The number of guanidine groups is 1. The van der Waals surface area contributed by atoms with Crippen LogP contribution in [0, 0.1) is 0 Å². The van der Waals surface area contributed by atoms with Crippen molar-refractivity contribution >= 4 is 40.8 Å². The fourth-order valence-electron chi connectivity index (χ4n) is 3.07. The van der Waals surface area contributed by atoms with E-state index in [1.165, 1.54) is 22.0 Å². The van der Waals surface area contributed by atoms with Crippen LogP contribution in [0.4, 0.5) is 0 Å². The molecule has 3 rings (SSSR count). The van der Waals surface area contributed by atoms with Crippen molar-refractivity contribution in [3.05, 3.63) is 54.0 Å². The van der Waals surface area contributed by atoms with Gasteiger partial charge in [0, 0.05) is 50.0 Å². The quantitative estimate of drug-likeness (QED) is 0.201. The second kappa shape index (κ2) is 11.0. The number of aromatic amines is 1. The number of benzene rings is 1. The maximum Gasteiger partial charge on any atom is 0.191 e. The number of H-pyrrole nitrogens is 1. The molecule has 2 heterocycles. The number of aliphatic imine (C=N–C) groups is 1. The fraction of sp³-hybridized carbons (Fsp3) is 0.400. The Hall–Kier alpha value is -2.03. The maximum absolute atomic E-state index is 4.68. The molecule has 27 heavy (non-hydrogen) atoms. The van der Waals surface area contributed by atoms with Gasteiger partial charge in [-0.15, -0.1) is 24.0 Å². The van der Waals surface area contributed by atoms with E-state index >= 15 is 0 Å². The van der Waals surface area contributed by atoms with E-state index in [4.69, 9.17) is 0 Å². The lowest BCUT2D eigenvalue weighted by Crippen LogP contribution is -2.38. The average Bonchev–Trinajstić information content (AvgIpc) is 3.25. The Bertz CT molecular complexity index is 851. The first-order chi connectivity index (χ1) is 12.8. The van der Waals surface area contributed by atoms with Crippen LogP contribution in [0.3, 0.4) is 0 Å². The van der Waals surface area contributed by atoms with Crippen LogP contribution in [0.5, 0.6) is 0 Å². The third kappa shape index (κ3) is 6.27. The van der Waals surface area contributed by atoms with Crippen LogP contribution >= 0.6 is 24.0 Å². The van der Waals surface area contributed by atoms with Crippen molar-refractivity contribution in [3.63, 3.8) is 0 Å². The van der Waals surface area contributed by atoms with Gasteiger partial charge >= 0.3 is 0 Å². The SMILES string of the molecule is CCNC(=NCCCc1cnn(C)c1)NCCc1c[nH]c2ccccc12.I. The fourth-order valence-corrected chi connectivity index (χ4v) is 3.07. The standard InChI is InChI=1S/C20H28N6.HI/c1-3-21-20(22-11-6-7-16-13-25-26(2)15-16)23-12-10-17-14-24-19-9-5-4-8-18(17)19;/h4-5,8-9,13-15,24H,3,6-7,10-12H2,1-2H3,(H2,21,22,23);1H. The van der Waals surface area contributed by atoms with Gasteiger partial charge in [-0.25, -0.2) is 0 Å². The molecule has 0 saturated carbocycles. The van der Waals surface area contributed by atoms with Crippen LogP contribution in [0.1, 0.15) is 24.5 Å². The van der Waals surface area contributed by atoms with Gasteiger partial charge in [0.2, 0.25) is 0 Å². The van der Waals surface area contributed by atoms with Gasteiger partial charge in [-0.05, 0) is 43.4 Å². The number of nitrogens with one attached hydrogen (secondary N) is 3. The van der Waals surface area contributed by atoms with Gasteiger partial charge < -0.3 is 15.6 Å². The molecule has 0 saturated heterocycles. The van der Waals surface area contributed by atoms with Gasteiger partial charge in [0.25, 0.3) is 0 Å². The Labute approximate surface area is 177 Å². The van der Waals surface area contributed by atoms with Crippen molar-refractivity contribution in [2.75, 3.05) is 19.6 Å². The van der Waals surface area contributed by atoms with Crippen LogP contribution in [-0.2, 0) is 19.9 Å². The lowest BCUT2D eigenvalue weighted by Gasteiger charge is -2.11. The normalized spacial score (nSPS) is 11.4. The molecule has 146 valence electrons. The molecular formula is C20H29IN6. The summed E-state index contributed by atoms with van der Waals surface area (Å²) in [7, 11) is 1.95. The molecule has 0 bridgehead atoms. The lowest BCUT2D eigenvalue weighted by atomic mass is 10.1. The van der Waals surface area contributed by atoms with E-state index in [1.807, 2.05) is 17.9 Å². The second-order valence-electron chi connectivity index (χ2n) is 6.42. The molecule has 0 aliphatic rings. The third-order valence-electron chi connectivity index (χ3n) is 4.36. The van der Waals surface area contributed by atoms with E-state index in [2.05, 4.69) is 69.3 Å². The lowest BCUT2D eigenvalue weighted by molar-refractivity contribution is 0.763. The van der Waals surface area contributed by atoms with E-state index in [0.717, 1.165) is 44.9 Å². The van der Waals surface area contributed by atoms with Crippen LogP contribution in [0.15, 0.2) is 47.8 Å². The second-order valence-corrected chi connectivity index (χ2v) is 6.42. The molecule has 6 nitrogen and oxygen atoms in total. The Morgan fingerprint density at radius 3 is 2.85 bits per heavy atom. The summed E-state index contributed by atoms with van der Waals surface area (Å²) in [5, 5.41) is 12.3. The highest BCUT2D eigenvalue weighted by Gasteiger charge is 2.03. The predicted molar refractivity (Wildman–Crippen MR) is 123 cm³/mol. The molecule has 2 aromatic heterocycles. The monoisotopic (exact) mass is 480 g/mol. The molecule has 0 aliphatic carbocycles. The van der Waals surface area contributed by atoms with E-state index < -0.39 is 0 Å². The van der Waals surface area contributed by atoms with Gasteiger partial charge in [-0.2, -0.15) is 5.10 Å². The van der Waals surface area contributed by atoms with E-state index in [-0.39, 0.29) is 24.0 Å². The molecule has 3 N–H and O–H groups in total. The zero-order valence-corrected chi connectivity index (χ0v) is 18.4.